The Hall–Kier alpha value is -1.36. The fourth-order valence-corrected chi connectivity index (χ4v) is 3.18. The van der Waals surface area contributed by atoms with Crippen molar-refractivity contribution in [3.63, 3.8) is 0 Å². The minimum Gasteiger partial charge on any atom is -0.594 e. The normalized spacial score (nSPS) is 23.8. The third kappa shape index (κ3) is 2.34. The summed E-state index contributed by atoms with van der Waals surface area (Å²) in [4.78, 5) is 11.4. The first-order chi connectivity index (χ1) is 7.94. The Morgan fingerprint density at radius 3 is 2.88 bits per heavy atom. The first-order valence-electron chi connectivity index (χ1n) is 4.52. The van der Waals surface area contributed by atoms with Gasteiger partial charge in [0.1, 0.15) is 13.1 Å². The molecular formula is C7H8N4O4S2. The SMILES string of the molecule is O=C(NS(=O)(=O)c1ccsc1)[N+]1([O-])CCN=N1. The third-order valence-electron chi connectivity index (χ3n) is 2.06. The monoisotopic (exact) mass is 276 g/mol. The molecule has 2 amide bonds. The van der Waals surface area contributed by atoms with Gasteiger partial charge in [-0.2, -0.15) is 16.1 Å². The molecule has 2 heterocycles. The molecule has 0 saturated carbocycles. The van der Waals surface area contributed by atoms with Gasteiger partial charge in [-0.25, -0.2) is 13.2 Å². The average molecular weight is 276 g/mol. The Balaban J connectivity index is 2.17. The number of thiophene rings is 1. The van der Waals surface area contributed by atoms with Crippen molar-refractivity contribution in [2.24, 2.45) is 10.3 Å². The number of nitrogens with one attached hydrogen (secondary N) is 1. The van der Waals surface area contributed by atoms with Gasteiger partial charge < -0.3 is 5.21 Å². The molecule has 1 atom stereocenters. The standard InChI is InChI=1S/C7H8N4O4S2/c12-7(11(13)3-2-8-10-11)9-17(14,15)6-1-4-16-5-6/h1,4-5H,2-3H2,(H,9,12). The summed E-state index contributed by atoms with van der Waals surface area (Å²) < 4.78 is 23.4. The molecule has 1 unspecified atom stereocenters. The first-order valence-corrected chi connectivity index (χ1v) is 6.94. The molecule has 1 N–H and O–H groups in total. The van der Waals surface area contributed by atoms with E-state index in [1.807, 2.05) is 0 Å². The van der Waals surface area contributed by atoms with Crippen molar-refractivity contribution >= 4 is 27.4 Å². The summed E-state index contributed by atoms with van der Waals surface area (Å²) in [7, 11) is -4.00. The molecule has 1 aromatic heterocycles. The van der Waals surface area contributed by atoms with Crippen LogP contribution in [0.3, 0.4) is 0 Å². The van der Waals surface area contributed by atoms with Crippen LogP contribution in [0.1, 0.15) is 0 Å². The summed E-state index contributed by atoms with van der Waals surface area (Å²) in [6, 6.07) is 0.0819. The van der Waals surface area contributed by atoms with Gasteiger partial charge in [-0.1, -0.05) is 0 Å². The minimum absolute atomic E-state index is 0.0569. The summed E-state index contributed by atoms with van der Waals surface area (Å²) in [5.41, 5.74) is 0. The summed E-state index contributed by atoms with van der Waals surface area (Å²) >= 11 is 1.17. The Morgan fingerprint density at radius 2 is 2.35 bits per heavy atom. The van der Waals surface area contributed by atoms with Crippen molar-refractivity contribution < 1.29 is 18.0 Å². The highest BCUT2D eigenvalue weighted by Gasteiger charge is 2.35. The Kier molecular flexibility index (Phi) is 2.95. The lowest BCUT2D eigenvalue weighted by molar-refractivity contribution is -0.799. The molecule has 8 nitrogen and oxygen atoms in total. The first kappa shape index (κ1) is 12.1. The number of amides is 2. The molecule has 92 valence electrons. The maximum Gasteiger partial charge on any atom is 0.458 e. The van der Waals surface area contributed by atoms with E-state index in [-0.39, 0.29) is 18.0 Å². The van der Waals surface area contributed by atoms with Crippen molar-refractivity contribution in [2.45, 2.75) is 4.90 Å². The smallest absolute Gasteiger partial charge is 0.458 e. The fourth-order valence-electron chi connectivity index (χ4n) is 1.16. The Labute approximate surface area is 101 Å². The van der Waals surface area contributed by atoms with Crippen LogP contribution in [-0.4, -0.2) is 32.3 Å². The molecule has 1 aromatic rings. The Bertz CT molecular complexity index is 552. The molecule has 0 bridgehead atoms. The maximum atomic E-state index is 11.7. The van der Waals surface area contributed by atoms with Crippen molar-refractivity contribution in [1.29, 1.82) is 0 Å². The van der Waals surface area contributed by atoms with E-state index in [1.54, 1.807) is 10.1 Å². The van der Waals surface area contributed by atoms with E-state index in [1.165, 1.54) is 22.8 Å². The van der Waals surface area contributed by atoms with E-state index in [9.17, 15) is 18.4 Å². The van der Waals surface area contributed by atoms with Crippen LogP contribution >= 0.6 is 11.3 Å². The average Bonchev–Trinajstić information content (AvgIpc) is 2.87. The number of hydrogen-bond donors (Lipinski definition) is 1. The number of urea groups is 1. The molecule has 1 aliphatic heterocycles. The zero-order valence-corrected chi connectivity index (χ0v) is 10.1. The van der Waals surface area contributed by atoms with Gasteiger partial charge in [-0.15, -0.1) is 9.87 Å². The highest BCUT2D eigenvalue weighted by atomic mass is 32.2. The highest BCUT2D eigenvalue weighted by molar-refractivity contribution is 7.90. The van der Waals surface area contributed by atoms with Gasteiger partial charge in [0.15, 0.2) is 0 Å². The summed E-state index contributed by atoms with van der Waals surface area (Å²) in [6.07, 6.45) is 0. The van der Waals surface area contributed by atoms with Crippen LogP contribution in [0.4, 0.5) is 4.79 Å². The van der Waals surface area contributed by atoms with Crippen LogP contribution in [0, 0.1) is 5.21 Å². The van der Waals surface area contributed by atoms with Gasteiger partial charge >= 0.3 is 6.03 Å². The van der Waals surface area contributed by atoms with E-state index >= 15 is 0 Å². The predicted molar refractivity (Wildman–Crippen MR) is 58.3 cm³/mol. The maximum absolute atomic E-state index is 11.7. The van der Waals surface area contributed by atoms with Crippen molar-refractivity contribution in [2.75, 3.05) is 13.1 Å². The second-order valence-electron chi connectivity index (χ2n) is 3.25. The largest absolute Gasteiger partial charge is 0.594 e. The van der Waals surface area contributed by atoms with Crippen LogP contribution in [0.25, 0.3) is 0 Å². The number of hydroxylamine groups is 2. The van der Waals surface area contributed by atoms with Crippen molar-refractivity contribution in [1.82, 2.24) is 4.72 Å². The lowest BCUT2D eigenvalue weighted by Crippen LogP contribution is -2.49. The van der Waals surface area contributed by atoms with E-state index in [4.69, 9.17) is 0 Å². The van der Waals surface area contributed by atoms with Crippen LogP contribution in [0.2, 0.25) is 0 Å². The van der Waals surface area contributed by atoms with Gasteiger partial charge in [0.05, 0.1) is 4.90 Å². The summed E-state index contributed by atoms with van der Waals surface area (Å²) in [5, 5.41) is 21.1. The molecule has 0 spiro atoms. The number of carbonyl (C=O) groups is 1. The molecule has 0 aliphatic carbocycles. The number of carbonyl (C=O) groups excluding carboxylic acids is 1. The Morgan fingerprint density at radius 1 is 1.59 bits per heavy atom. The van der Waals surface area contributed by atoms with E-state index in [2.05, 4.69) is 10.3 Å². The molecule has 0 aromatic carbocycles. The molecule has 17 heavy (non-hydrogen) atoms. The zero-order chi connectivity index (χ0) is 12.5. The van der Waals surface area contributed by atoms with Gasteiger partial charge in [0.25, 0.3) is 10.0 Å². The van der Waals surface area contributed by atoms with Gasteiger partial charge in [-0.05, 0) is 11.4 Å². The van der Waals surface area contributed by atoms with E-state index < -0.39 is 20.8 Å². The van der Waals surface area contributed by atoms with E-state index in [0.29, 0.717) is 0 Å². The lowest BCUT2D eigenvalue weighted by atomic mass is 10.6. The van der Waals surface area contributed by atoms with Crippen LogP contribution in [-0.2, 0) is 10.0 Å². The van der Waals surface area contributed by atoms with Gasteiger partial charge in [0.2, 0.25) is 0 Å². The quantitative estimate of drug-likeness (QED) is 0.637. The number of nitrogens with zero attached hydrogens (tertiary/aromatic N) is 3. The second kappa shape index (κ2) is 4.14. The van der Waals surface area contributed by atoms with E-state index in [0.717, 1.165) is 0 Å². The third-order valence-corrected chi connectivity index (χ3v) is 4.21. The number of rotatable bonds is 2. The van der Waals surface area contributed by atoms with Crippen LogP contribution in [0.5, 0.6) is 0 Å². The van der Waals surface area contributed by atoms with Crippen molar-refractivity contribution in [3.8, 4) is 0 Å². The van der Waals surface area contributed by atoms with Gasteiger partial charge in [0, 0.05) is 10.6 Å². The summed E-state index contributed by atoms with van der Waals surface area (Å²) in [5.74, 6) is 0. The molecule has 0 radical (unpaired) electrons. The number of quaternary nitrogens is 1. The number of sulfonamides is 1. The zero-order valence-electron chi connectivity index (χ0n) is 8.44. The highest BCUT2D eigenvalue weighted by Crippen LogP contribution is 2.17. The number of hydrogen-bond acceptors (Lipinski definition) is 7. The fraction of sp³-hybridized carbons (Fsp3) is 0.286. The summed E-state index contributed by atoms with van der Waals surface area (Å²) in [6.45, 7) is -0.0829. The minimum atomic E-state index is -4.00. The molecule has 10 heteroatoms. The molecule has 1 aliphatic rings. The molecule has 0 fully saturated rings. The molecule has 0 saturated heterocycles. The predicted octanol–water partition coefficient (Wildman–Crippen LogP) is 0.842. The molecule has 2 rings (SSSR count). The lowest BCUT2D eigenvalue weighted by Gasteiger charge is -2.25. The second-order valence-corrected chi connectivity index (χ2v) is 5.71. The molecular weight excluding hydrogens is 268 g/mol. The van der Waals surface area contributed by atoms with Gasteiger partial charge in [-0.3, -0.25) is 0 Å². The van der Waals surface area contributed by atoms with Crippen molar-refractivity contribution in [3.05, 3.63) is 22.0 Å². The van der Waals surface area contributed by atoms with Crippen LogP contribution in [0.15, 0.2) is 32.1 Å². The van der Waals surface area contributed by atoms with Crippen LogP contribution < -0.4 is 4.72 Å². The topological polar surface area (TPSA) is 111 Å².